The summed E-state index contributed by atoms with van der Waals surface area (Å²) in [4.78, 5) is 0. The molecule has 2 nitrogen and oxygen atoms in total. The largest absolute Gasteiger partial charge is 0.396 e. The molecule has 0 amide bonds. The van der Waals surface area contributed by atoms with E-state index >= 15 is 0 Å². The van der Waals surface area contributed by atoms with E-state index in [1.165, 1.54) is 11.1 Å². The lowest BCUT2D eigenvalue weighted by atomic mass is 10.00. The summed E-state index contributed by atoms with van der Waals surface area (Å²) in [7, 11) is 0. The lowest BCUT2D eigenvalue weighted by molar-refractivity contribution is 0.129. The van der Waals surface area contributed by atoms with E-state index in [4.69, 9.17) is 0 Å². The normalized spacial score (nSPS) is 23.5. The molecule has 0 aromatic heterocycles. The number of rotatable bonds is 3. The van der Waals surface area contributed by atoms with Crippen LogP contribution in [0.5, 0.6) is 0 Å². The highest BCUT2D eigenvalue weighted by atomic mass is 16.3. The smallest absolute Gasteiger partial charge is 0.0515 e. The molecule has 0 heterocycles. The molecule has 2 rings (SSSR count). The fourth-order valence-corrected chi connectivity index (χ4v) is 2.02. The van der Waals surface area contributed by atoms with Gasteiger partial charge in [0.15, 0.2) is 0 Å². The zero-order chi connectivity index (χ0) is 10.2. The second-order valence-corrected chi connectivity index (χ2v) is 4.35. The predicted octanol–water partition coefficient (Wildman–Crippen LogP) is 1.45. The van der Waals surface area contributed by atoms with Gasteiger partial charge in [-0.1, -0.05) is 29.8 Å². The summed E-state index contributed by atoms with van der Waals surface area (Å²) in [6.45, 7) is 2.23. The molecule has 0 bridgehead atoms. The van der Waals surface area contributed by atoms with Crippen LogP contribution < -0.4 is 0 Å². The van der Waals surface area contributed by atoms with Gasteiger partial charge in [-0.15, -0.1) is 0 Å². The Hall–Kier alpha value is -0.860. The fraction of sp³-hybridized carbons (Fsp3) is 0.500. The second-order valence-electron chi connectivity index (χ2n) is 4.35. The summed E-state index contributed by atoms with van der Waals surface area (Å²) in [6.07, 6.45) is 0.906. The van der Waals surface area contributed by atoms with Crippen LogP contribution in [0, 0.1) is 12.3 Å². The van der Waals surface area contributed by atoms with Gasteiger partial charge in [-0.05, 0) is 24.8 Å². The van der Waals surface area contributed by atoms with E-state index < -0.39 is 0 Å². The van der Waals surface area contributed by atoms with Gasteiger partial charge in [0.25, 0.3) is 0 Å². The van der Waals surface area contributed by atoms with E-state index in [0.717, 1.165) is 6.42 Å². The van der Waals surface area contributed by atoms with Crippen LogP contribution in [0.4, 0.5) is 0 Å². The molecular formula is C12H16O2. The first-order valence-corrected chi connectivity index (χ1v) is 5.00. The van der Waals surface area contributed by atoms with Crippen molar-refractivity contribution < 1.29 is 10.2 Å². The molecule has 2 N–H and O–H groups in total. The minimum absolute atomic E-state index is 0.0854. The predicted molar refractivity (Wildman–Crippen MR) is 55.1 cm³/mol. The Labute approximate surface area is 84.2 Å². The Morgan fingerprint density at radius 2 is 1.79 bits per heavy atom. The average molecular weight is 192 g/mol. The summed E-state index contributed by atoms with van der Waals surface area (Å²) >= 11 is 0. The molecule has 0 unspecified atom stereocenters. The molecule has 0 saturated heterocycles. The molecule has 1 aliphatic rings. The van der Waals surface area contributed by atoms with E-state index in [1.54, 1.807) is 0 Å². The molecular weight excluding hydrogens is 176 g/mol. The molecule has 1 saturated carbocycles. The highest BCUT2D eigenvalue weighted by molar-refractivity contribution is 5.32. The van der Waals surface area contributed by atoms with Crippen LogP contribution in [-0.4, -0.2) is 23.4 Å². The standard InChI is InChI=1S/C12H16O2/c1-9-2-4-10(5-3-9)11-6-12(11,7-13)8-14/h2-5,11,13-14H,6-8H2,1H3/t11-/m0/s1. The summed E-state index contributed by atoms with van der Waals surface area (Å²) in [6, 6.07) is 8.33. The third-order valence-electron chi connectivity index (χ3n) is 3.30. The van der Waals surface area contributed by atoms with Crippen LogP contribution in [-0.2, 0) is 0 Å². The van der Waals surface area contributed by atoms with Gasteiger partial charge in [-0.25, -0.2) is 0 Å². The second kappa shape index (κ2) is 3.37. The van der Waals surface area contributed by atoms with Crippen LogP contribution in [0.15, 0.2) is 24.3 Å². The van der Waals surface area contributed by atoms with E-state index in [1.807, 2.05) is 0 Å². The van der Waals surface area contributed by atoms with Crippen LogP contribution in [0.25, 0.3) is 0 Å². The minimum atomic E-state index is -0.241. The average Bonchev–Trinajstić information content (AvgIpc) is 2.94. The first-order chi connectivity index (χ1) is 6.72. The molecule has 76 valence electrons. The number of aliphatic hydroxyl groups excluding tert-OH is 2. The van der Waals surface area contributed by atoms with Crippen LogP contribution in [0.3, 0.4) is 0 Å². The molecule has 1 atom stereocenters. The van der Waals surface area contributed by atoms with Crippen LogP contribution >= 0.6 is 0 Å². The zero-order valence-corrected chi connectivity index (χ0v) is 8.40. The van der Waals surface area contributed by atoms with Gasteiger partial charge in [-0.2, -0.15) is 0 Å². The molecule has 1 fully saturated rings. The molecule has 14 heavy (non-hydrogen) atoms. The van der Waals surface area contributed by atoms with Crippen molar-refractivity contribution in [3.63, 3.8) is 0 Å². The van der Waals surface area contributed by atoms with Gasteiger partial charge >= 0.3 is 0 Å². The van der Waals surface area contributed by atoms with E-state index in [0.29, 0.717) is 5.92 Å². The third-order valence-corrected chi connectivity index (χ3v) is 3.30. The molecule has 0 radical (unpaired) electrons. The Morgan fingerprint density at radius 3 is 2.21 bits per heavy atom. The minimum Gasteiger partial charge on any atom is -0.396 e. The maximum absolute atomic E-state index is 9.18. The van der Waals surface area contributed by atoms with E-state index in [2.05, 4.69) is 31.2 Å². The van der Waals surface area contributed by atoms with Crippen LogP contribution in [0.1, 0.15) is 23.5 Å². The first-order valence-electron chi connectivity index (χ1n) is 5.00. The molecule has 2 heteroatoms. The van der Waals surface area contributed by atoms with Gasteiger partial charge in [-0.3, -0.25) is 0 Å². The van der Waals surface area contributed by atoms with Gasteiger partial charge in [0.1, 0.15) is 0 Å². The maximum Gasteiger partial charge on any atom is 0.0515 e. The van der Waals surface area contributed by atoms with E-state index in [-0.39, 0.29) is 18.6 Å². The Morgan fingerprint density at radius 1 is 1.21 bits per heavy atom. The number of benzene rings is 1. The molecule has 1 aromatic rings. The quantitative estimate of drug-likeness (QED) is 0.761. The van der Waals surface area contributed by atoms with Crippen molar-refractivity contribution in [2.75, 3.05) is 13.2 Å². The lowest BCUT2D eigenvalue weighted by Crippen LogP contribution is -2.14. The summed E-state index contributed by atoms with van der Waals surface area (Å²) in [5, 5.41) is 18.4. The molecule has 0 spiro atoms. The van der Waals surface area contributed by atoms with Crippen molar-refractivity contribution in [2.45, 2.75) is 19.3 Å². The highest BCUT2D eigenvalue weighted by Gasteiger charge is 2.53. The number of hydrogen-bond donors (Lipinski definition) is 2. The lowest BCUT2D eigenvalue weighted by Gasteiger charge is -2.10. The first kappa shape index (κ1) is 9.69. The number of aryl methyl sites for hydroxylation is 1. The summed E-state index contributed by atoms with van der Waals surface area (Å²) in [5.41, 5.74) is 2.24. The molecule has 0 aliphatic heterocycles. The fourth-order valence-electron chi connectivity index (χ4n) is 2.02. The van der Waals surface area contributed by atoms with Crippen molar-refractivity contribution in [2.24, 2.45) is 5.41 Å². The van der Waals surface area contributed by atoms with Crippen molar-refractivity contribution in [3.05, 3.63) is 35.4 Å². The van der Waals surface area contributed by atoms with Crippen molar-refractivity contribution in [1.82, 2.24) is 0 Å². The zero-order valence-electron chi connectivity index (χ0n) is 8.40. The van der Waals surface area contributed by atoms with Crippen LogP contribution in [0.2, 0.25) is 0 Å². The van der Waals surface area contributed by atoms with E-state index in [9.17, 15) is 10.2 Å². The maximum atomic E-state index is 9.18. The molecule has 1 aliphatic carbocycles. The van der Waals surface area contributed by atoms with Crippen molar-refractivity contribution in [3.8, 4) is 0 Å². The van der Waals surface area contributed by atoms with Gasteiger partial charge < -0.3 is 10.2 Å². The van der Waals surface area contributed by atoms with Crippen molar-refractivity contribution >= 4 is 0 Å². The Kier molecular flexibility index (Phi) is 2.33. The Bertz CT molecular complexity index is 312. The number of hydrogen-bond acceptors (Lipinski definition) is 2. The summed E-state index contributed by atoms with van der Waals surface area (Å²) in [5.74, 6) is 0.345. The van der Waals surface area contributed by atoms with Gasteiger partial charge in [0, 0.05) is 5.41 Å². The topological polar surface area (TPSA) is 40.5 Å². The third kappa shape index (κ3) is 1.45. The molecule has 1 aromatic carbocycles. The highest BCUT2D eigenvalue weighted by Crippen LogP contribution is 2.58. The van der Waals surface area contributed by atoms with Gasteiger partial charge in [0.05, 0.1) is 13.2 Å². The monoisotopic (exact) mass is 192 g/mol. The number of aliphatic hydroxyl groups is 2. The van der Waals surface area contributed by atoms with Gasteiger partial charge in [0.2, 0.25) is 0 Å². The Balaban J connectivity index is 2.16. The summed E-state index contributed by atoms with van der Waals surface area (Å²) < 4.78 is 0. The van der Waals surface area contributed by atoms with Crippen molar-refractivity contribution in [1.29, 1.82) is 0 Å². The SMILES string of the molecule is Cc1ccc([C@@H]2CC2(CO)CO)cc1.